The van der Waals surface area contributed by atoms with Crippen molar-refractivity contribution < 1.29 is 0 Å². The van der Waals surface area contributed by atoms with E-state index in [1.54, 1.807) is 0 Å². The second-order valence-electron chi connectivity index (χ2n) is 4.83. The van der Waals surface area contributed by atoms with Crippen molar-refractivity contribution in [1.29, 1.82) is 0 Å². The molecule has 0 aromatic heterocycles. The fraction of sp³-hybridized carbons (Fsp3) is 0.467. The van der Waals surface area contributed by atoms with Crippen molar-refractivity contribution in [2.75, 3.05) is 6.54 Å². The van der Waals surface area contributed by atoms with Gasteiger partial charge in [0, 0.05) is 5.92 Å². The highest BCUT2D eigenvalue weighted by atomic mass is 14.9. The lowest BCUT2D eigenvalue weighted by Crippen LogP contribution is -2.33. The molecular weight excluding hydrogens is 205 g/mol. The summed E-state index contributed by atoms with van der Waals surface area (Å²) < 4.78 is 0. The van der Waals surface area contributed by atoms with E-state index in [4.69, 9.17) is 0 Å². The molecule has 0 saturated heterocycles. The Morgan fingerprint density at radius 2 is 1.94 bits per heavy atom. The zero-order chi connectivity index (χ0) is 13.3. The Labute approximate surface area is 108 Å². The van der Waals surface area contributed by atoms with Gasteiger partial charge in [-0.1, -0.05) is 63.0 Å². The molecule has 0 aromatic rings. The fourth-order valence-electron chi connectivity index (χ4n) is 1.83. The monoisotopic (exact) mass is 231 g/mol. The Hall–Kier alpha value is -1.02. The Morgan fingerprint density at radius 1 is 1.29 bits per heavy atom. The van der Waals surface area contributed by atoms with Gasteiger partial charge in [0.15, 0.2) is 0 Å². The molecular formula is C15H26BN. The fourth-order valence-corrected chi connectivity index (χ4v) is 1.83. The van der Waals surface area contributed by atoms with Crippen LogP contribution in [0.25, 0.3) is 0 Å². The quantitative estimate of drug-likeness (QED) is 0.500. The van der Waals surface area contributed by atoms with Crippen LogP contribution in [0.4, 0.5) is 0 Å². The van der Waals surface area contributed by atoms with Gasteiger partial charge in [-0.2, -0.15) is 0 Å². The Balaban J connectivity index is 4.66. The van der Waals surface area contributed by atoms with Crippen LogP contribution in [0.15, 0.2) is 49.1 Å². The van der Waals surface area contributed by atoms with Gasteiger partial charge in [0.05, 0.1) is 0 Å². The Morgan fingerprint density at radius 3 is 2.41 bits per heavy atom. The minimum absolute atomic E-state index is 0.442. The van der Waals surface area contributed by atoms with Crippen molar-refractivity contribution in [3.8, 4) is 0 Å². The predicted octanol–water partition coefficient (Wildman–Crippen LogP) is 2.68. The SMILES string of the molecule is BC(C)NCC(C)C(/C=C\C=C)/C(C)=C\C=C. The number of rotatable bonds is 8. The van der Waals surface area contributed by atoms with Crippen molar-refractivity contribution in [3.63, 3.8) is 0 Å². The zero-order valence-electron chi connectivity index (χ0n) is 11.7. The summed E-state index contributed by atoms with van der Waals surface area (Å²) in [7, 11) is 2.17. The van der Waals surface area contributed by atoms with Gasteiger partial charge in [-0.25, -0.2) is 0 Å². The molecule has 0 radical (unpaired) electrons. The smallest absolute Gasteiger partial charge is 0.123 e. The largest absolute Gasteiger partial charge is 0.322 e. The van der Waals surface area contributed by atoms with E-state index >= 15 is 0 Å². The average Bonchev–Trinajstić information content (AvgIpc) is 2.27. The summed E-state index contributed by atoms with van der Waals surface area (Å²) in [6.45, 7) is 15.1. The summed E-state index contributed by atoms with van der Waals surface area (Å²) in [4.78, 5) is 0. The highest BCUT2D eigenvalue weighted by Gasteiger charge is 2.15. The molecule has 1 nitrogen and oxygen atoms in total. The molecule has 0 saturated carbocycles. The van der Waals surface area contributed by atoms with E-state index in [0.29, 0.717) is 17.8 Å². The van der Waals surface area contributed by atoms with Crippen LogP contribution in [0.5, 0.6) is 0 Å². The minimum Gasteiger partial charge on any atom is -0.322 e. The van der Waals surface area contributed by atoms with Gasteiger partial charge in [0.2, 0.25) is 0 Å². The lowest BCUT2D eigenvalue weighted by Gasteiger charge is -2.23. The van der Waals surface area contributed by atoms with Gasteiger partial charge in [-0.05, 0) is 25.3 Å². The number of hydrogen-bond acceptors (Lipinski definition) is 1. The molecule has 2 heteroatoms. The molecule has 0 bridgehead atoms. The maximum Gasteiger partial charge on any atom is 0.123 e. The van der Waals surface area contributed by atoms with E-state index in [0.717, 1.165) is 6.54 Å². The van der Waals surface area contributed by atoms with E-state index in [1.807, 2.05) is 18.2 Å². The molecule has 1 N–H and O–H groups in total. The van der Waals surface area contributed by atoms with Crippen LogP contribution in [-0.2, 0) is 0 Å². The van der Waals surface area contributed by atoms with Crippen LogP contribution in [-0.4, -0.2) is 20.3 Å². The number of nitrogens with one attached hydrogen (secondary N) is 1. The summed E-state index contributed by atoms with van der Waals surface area (Å²) >= 11 is 0. The van der Waals surface area contributed by atoms with Crippen LogP contribution in [0.1, 0.15) is 20.8 Å². The van der Waals surface area contributed by atoms with Crippen LogP contribution in [0.2, 0.25) is 0 Å². The van der Waals surface area contributed by atoms with Crippen LogP contribution >= 0.6 is 0 Å². The molecule has 0 rings (SSSR count). The van der Waals surface area contributed by atoms with Crippen molar-refractivity contribution >= 4 is 7.85 Å². The molecule has 0 aliphatic carbocycles. The standard InChI is InChI=1S/C15H26BN/c1-6-8-10-15(12(3)9-7-2)13(4)11-17-14(5)16/h6-10,13-15,17H,1-2,11,16H2,3-5H3/b10-8-,12-9-. The minimum atomic E-state index is 0.442. The van der Waals surface area contributed by atoms with Crippen molar-refractivity contribution in [3.05, 3.63) is 49.1 Å². The molecule has 3 unspecified atom stereocenters. The molecule has 0 heterocycles. The molecule has 17 heavy (non-hydrogen) atoms. The first-order valence-electron chi connectivity index (χ1n) is 6.34. The summed E-state index contributed by atoms with van der Waals surface area (Å²) in [6, 6.07) is 0. The zero-order valence-corrected chi connectivity index (χ0v) is 11.7. The molecule has 0 aliphatic rings. The van der Waals surface area contributed by atoms with Crippen LogP contribution < -0.4 is 5.32 Å². The van der Waals surface area contributed by atoms with Gasteiger partial charge in [-0.3, -0.25) is 0 Å². The van der Waals surface area contributed by atoms with Gasteiger partial charge in [0.25, 0.3) is 0 Å². The Bertz CT molecular complexity index is 289. The first kappa shape index (κ1) is 16.0. The second kappa shape index (κ2) is 9.06. The number of allylic oxidation sites excluding steroid dienone is 6. The van der Waals surface area contributed by atoms with Gasteiger partial charge in [-0.15, -0.1) is 0 Å². The second-order valence-corrected chi connectivity index (χ2v) is 4.83. The predicted molar refractivity (Wildman–Crippen MR) is 82.0 cm³/mol. The van der Waals surface area contributed by atoms with E-state index in [2.05, 4.69) is 59.2 Å². The lowest BCUT2D eigenvalue weighted by molar-refractivity contribution is 0.438. The van der Waals surface area contributed by atoms with Crippen molar-refractivity contribution in [1.82, 2.24) is 5.32 Å². The van der Waals surface area contributed by atoms with E-state index in [1.165, 1.54) is 5.57 Å². The summed E-state index contributed by atoms with van der Waals surface area (Å²) in [5, 5.41) is 3.49. The van der Waals surface area contributed by atoms with E-state index in [9.17, 15) is 0 Å². The highest BCUT2D eigenvalue weighted by Crippen LogP contribution is 2.22. The molecule has 0 aliphatic heterocycles. The Kier molecular flexibility index (Phi) is 8.52. The molecule has 0 spiro atoms. The third-order valence-corrected chi connectivity index (χ3v) is 2.82. The molecule has 0 fully saturated rings. The van der Waals surface area contributed by atoms with E-state index in [-0.39, 0.29) is 0 Å². The molecule has 0 aromatic carbocycles. The maximum absolute atomic E-state index is 3.76. The lowest BCUT2D eigenvalue weighted by atomic mass is 9.86. The van der Waals surface area contributed by atoms with Gasteiger partial charge < -0.3 is 5.32 Å². The highest BCUT2D eigenvalue weighted by molar-refractivity contribution is 6.11. The van der Waals surface area contributed by atoms with Gasteiger partial charge in [0.1, 0.15) is 7.85 Å². The average molecular weight is 231 g/mol. The first-order valence-corrected chi connectivity index (χ1v) is 6.34. The topological polar surface area (TPSA) is 12.0 Å². The molecule has 0 amide bonds. The van der Waals surface area contributed by atoms with Crippen molar-refractivity contribution in [2.45, 2.75) is 26.7 Å². The normalized spacial score (nSPS) is 17.7. The summed E-state index contributed by atoms with van der Waals surface area (Å²) in [6.07, 6.45) is 10.0. The van der Waals surface area contributed by atoms with Gasteiger partial charge >= 0.3 is 0 Å². The van der Waals surface area contributed by atoms with Crippen molar-refractivity contribution in [2.24, 2.45) is 11.8 Å². The number of hydrogen-bond donors (Lipinski definition) is 1. The molecule has 3 atom stereocenters. The van der Waals surface area contributed by atoms with E-state index < -0.39 is 0 Å². The summed E-state index contributed by atoms with van der Waals surface area (Å²) in [5.41, 5.74) is 1.34. The van der Waals surface area contributed by atoms with Crippen LogP contribution in [0.3, 0.4) is 0 Å². The maximum atomic E-state index is 3.76. The first-order chi connectivity index (χ1) is 8.02. The third-order valence-electron chi connectivity index (χ3n) is 2.82. The van der Waals surface area contributed by atoms with Crippen LogP contribution in [0, 0.1) is 11.8 Å². The third kappa shape index (κ3) is 7.01. The molecule has 94 valence electrons. The summed E-state index contributed by atoms with van der Waals surface area (Å²) in [5.74, 6) is 1.53.